The zero-order valence-electron chi connectivity index (χ0n) is 9.77. The van der Waals surface area contributed by atoms with Crippen molar-refractivity contribution in [2.75, 3.05) is 13.6 Å². The van der Waals surface area contributed by atoms with Gasteiger partial charge in [0.05, 0.1) is 0 Å². The fraction of sp³-hybridized carbons (Fsp3) is 0.583. The van der Waals surface area contributed by atoms with Crippen LogP contribution in [0.25, 0.3) is 0 Å². The number of hydrogen-bond donors (Lipinski definition) is 2. The van der Waals surface area contributed by atoms with Crippen LogP contribution in [0.2, 0.25) is 0 Å². The SMILES string of the molecule is CNC(c1ccncc1)C(CN)C(C)C. The Morgan fingerprint density at radius 3 is 2.33 bits per heavy atom. The van der Waals surface area contributed by atoms with Gasteiger partial charge in [0.25, 0.3) is 0 Å². The number of nitrogens with zero attached hydrogens (tertiary/aromatic N) is 1. The van der Waals surface area contributed by atoms with E-state index in [1.54, 1.807) is 0 Å². The van der Waals surface area contributed by atoms with E-state index >= 15 is 0 Å². The quantitative estimate of drug-likeness (QED) is 0.770. The van der Waals surface area contributed by atoms with E-state index in [0.717, 1.165) is 0 Å². The Hall–Kier alpha value is -0.930. The Kier molecular flexibility index (Phi) is 4.72. The smallest absolute Gasteiger partial charge is 0.0361 e. The predicted octanol–water partition coefficient (Wildman–Crippen LogP) is 1.57. The second-order valence-corrected chi connectivity index (χ2v) is 4.19. The van der Waals surface area contributed by atoms with Gasteiger partial charge in [0, 0.05) is 18.4 Å². The average molecular weight is 207 g/mol. The van der Waals surface area contributed by atoms with Crippen molar-refractivity contribution in [3.8, 4) is 0 Å². The van der Waals surface area contributed by atoms with Crippen LogP contribution in [0.15, 0.2) is 24.5 Å². The minimum atomic E-state index is 0.318. The molecule has 0 aromatic carbocycles. The first-order valence-electron chi connectivity index (χ1n) is 5.48. The van der Waals surface area contributed by atoms with E-state index in [2.05, 4.69) is 24.1 Å². The Labute approximate surface area is 92.1 Å². The van der Waals surface area contributed by atoms with Crippen molar-refractivity contribution in [1.82, 2.24) is 10.3 Å². The van der Waals surface area contributed by atoms with Crippen LogP contribution in [0, 0.1) is 11.8 Å². The molecule has 2 atom stereocenters. The zero-order valence-corrected chi connectivity index (χ0v) is 9.77. The molecular formula is C12H21N3. The fourth-order valence-electron chi connectivity index (χ4n) is 1.99. The third-order valence-corrected chi connectivity index (χ3v) is 2.93. The van der Waals surface area contributed by atoms with Gasteiger partial charge in [-0.15, -0.1) is 0 Å². The van der Waals surface area contributed by atoms with Gasteiger partial charge in [-0.1, -0.05) is 13.8 Å². The third-order valence-electron chi connectivity index (χ3n) is 2.93. The van der Waals surface area contributed by atoms with Gasteiger partial charge in [0.15, 0.2) is 0 Å². The lowest BCUT2D eigenvalue weighted by molar-refractivity contribution is 0.299. The monoisotopic (exact) mass is 207 g/mol. The van der Waals surface area contributed by atoms with Gasteiger partial charge in [0.2, 0.25) is 0 Å². The van der Waals surface area contributed by atoms with Gasteiger partial charge in [-0.25, -0.2) is 0 Å². The van der Waals surface area contributed by atoms with Crippen molar-refractivity contribution in [2.45, 2.75) is 19.9 Å². The first-order chi connectivity index (χ1) is 7.20. The molecule has 0 saturated heterocycles. The molecule has 0 radical (unpaired) electrons. The summed E-state index contributed by atoms with van der Waals surface area (Å²) in [6, 6.07) is 4.41. The molecular weight excluding hydrogens is 186 g/mol. The second-order valence-electron chi connectivity index (χ2n) is 4.19. The first-order valence-corrected chi connectivity index (χ1v) is 5.48. The van der Waals surface area contributed by atoms with Crippen LogP contribution in [0.3, 0.4) is 0 Å². The minimum Gasteiger partial charge on any atom is -0.330 e. The molecule has 3 heteroatoms. The van der Waals surface area contributed by atoms with Crippen LogP contribution in [-0.4, -0.2) is 18.6 Å². The maximum atomic E-state index is 5.83. The van der Waals surface area contributed by atoms with Gasteiger partial charge in [-0.2, -0.15) is 0 Å². The zero-order chi connectivity index (χ0) is 11.3. The standard InChI is InChI=1S/C12H21N3/c1-9(2)11(8-13)12(14-3)10-4-6-15-7-5-10/h4-7,9,11-12,14H,8,13H2,1-3H3. The molecule has 0 fully saturated rings. The van der Waals surface area contributed by atoms with Gasteiger partial charge in [0.1, 0.15) is 0 Å². The maximum absolute atomic E-state index is 5.83. The highest BCUT2D eigenvalue weighted by atomic mass is 14.9. The van der Waals surface area contributed by atoms with Gasteiger partial charge in [-0.3, -0.25) is 4.98 Å². The second kappa shape index (κ2) is 5.83. The molecule has 0 aliphatic rings. The molecule has 2 unspecified atom stereocenters. The summed E-state index contributed by atoms with van der Waals surface area (Å²) in [4.78, 5) is 4.03. The summed E-state index contributed by atoms with van der Waals surface area (Å²) in [6.45, 7) is 5.12. The highest BCUT2D eigenvalue weighted by Gasteiger charge is 2.23. The molecule has 0 aliphatic heterocycles. The molecule has 0 bridgehead atoms. The number of pyridine rings is 1. The summed E-state index contributed by atoms with van der Waals surface area (Å²) in [5, 5.41) is 3.34. The normalized spacial score (nSPS) is 15.3. The number of rotatable bonds is 5. The maximum Gasteiger partial charge on any atom is 0.0361 e. The lowest BCUT2D eigenvalue weighted by atomic mass is 9.85. The molecule has 3 N–H and O–H groups in total. The number of aromatic nitrogens is 1. The summed E-state index contributed by atoms with van der Waals surface area (Å²) in [7, 11) is 1.98. The molecule has 84 valence electrons. The number of hydrogen-bond acceptors (Lipinski definition) is 3. The summed E-state index contributed by atoms with van der Waals surface area (Å²) in [5.41, 5.74) is 7.09. The number of nitrogens with one attached hydrogen (secondary N) is 1. The van der Waals surface area contributed by atoms with Crippen LogP contribution < -0.4 is 11.1 Å². The third kappa shape index (κ3) is 3.01. The van der Waals surface area contributed by atoms with Crippen LogP contribution in [0.1, 0.15) is 25.5 Å². The van der Waals surface area contributed by atoms with Crippen LogP contribution >= 0.6 is 0 Å². The van der Waals surface area contributed by atoms with Crippen LogP contribution in [-0.2, 0) is 0 Å². The Morgan fingerprint density at radius 2 is 1.93 bits per heavy atom. The van der Waals surface area contributed by atoms with Crippen LogP contribution in [0.5, 0.6) is 0 Å². The first kappa shape index (κ1) is 12.1. The predicted molar refractivity (Wildman–Crippen MR) is 63.4 cm³/mol. The summed E-state index contributed by atoms with van der Waals surface area (Å²) in [5.74, 6) is 1.03. The molecule has 0 saturated carbocycles. The molecule has 0 spiro atoms. The van der Waals surface area contributed by atoms with E-state index in [1.165, 1.54) is 5.56 Å². The van der Waals surface area contributed by atoms with E-state index in [-0.39, 0.29) is 0 Å². The Morgan fingerprint density at radius 1 is 1.33 bits per heavy atom. The summed E-state index contributed by atoms with van der Waals surface area (Å²) >= 11 is 0. The van der Waals surface area contributed by atoms with E-state index < -0.39 is 0 Å². The fourth-order valence-corrected chi connectivity index (χ4v) is 1.99. The van der Waals surface area contributed by atoms with E-state index in [0.29, 0.717) is 24.4 Å². The van der Waals surface area contributed by atoms with Crippen molar-refractivity contribution >= 4 is 0 Å². The molecule has 15 heavy (non-hydrogen) atoms. The molecule has 1 rings (SSSR count). The topological polar surface area (TPSA) is 50.9 Å². The lowest BCUT2D eigenvalue weighted by Crippen LogP contribution is -2.33. The molecule has 1 heterocycles. The van der Waals surface area contributed by atoms with Gasteiger partial charge in [-0.05, 0) is 43.1 Å². The molecule has 3 nitrogen and oxygen atoms in total. The van der Waals surface area contributed by atoms with Crippen molar-refractivity contribution in [3.05, 3.63) is 30.1 Å². The van der Waals surface area contributed by atoms with Crippen molar-refractivity contribution in [3.63, 3.8) is 0 Å². The molecule has 1 aromatic rings. The summed E-state index contributed by atoms with van der Waals surface area (Å²) < 4.78 is 0. The Bertz CT molecular complexity index is 271. The minimum absolute atomic E-state index is 0.318. The molecule has 0 amide bonds. The Balaban J connectivity index is 2.87. The molecule has 0 aliphatic carbocycles. The summed E-state index contributed by atoms with van der Waals surface area (Å²) in [6.07, 6.45) is 3.65. The van der Waals surface area contributed by atoms with Crippen molar-refractivity contribution in [2.24, 2.45) is 17.6 Å². The average Bonchev–Trinajstić information content (AvgIpc) is 2.26. The van der Waals surface area contributed by atoms with Crippen molar-refractivity contribution in [1.29, 1.82) is 0 Å². The van der Waals surface area contributed by atoms with Gasteiger partial charge < -0.3 is 11.1 Å². The lowest BCUT2D eigenvalue weighted by Gasteiger charge is -2.29. The molecule has 1 aromatic heterocycles. The number of nitrogens with two attached hydrogens (primary N) is 1. The van der Waals surface area contributed by atoms with Crippen molar-refractivity contribution < 1.29 is 0 Å². The van der Waals surface area contributed by atoms with E-state index in [9.17, 15) is 0 Å². The van der Waals surface area contributed by atoms with E-state index in [4.69, 9.17) is 5.73 Å². The van der Waals surface area contributed by atoms with E-state index in [1.807, 2.05) is 31.6 Å². The van der Waals surface area contributed by atoms with Crippen LogP contribution in [0.4, 0.5) is 0 Å². The van der Waals surface area contributed by atoms with Gasteiger partial charge >= 0.3 is 0 Å². The highest BCUT2D eigenvalue weighted by Crippen LogP contribution is 2.26. The highest BCUT2D eigenvalue weighted by molar-refractivity contribution is 5.16. The largest absolute Gasteiger partial charge is 0.330 e.